The summed E-state index contributed by atoms with van der Waals surface area (Å²) in [5.74, 6) is 0.516. The van der Waals surface area contributed by atoms with Crippen LogP contribution in [-0.2, 0) is 4.74 Å². The number of thioether (sulfide) groups is 1. The van der Waals surface area contributed by atoms with Gasteiger partial charge in [-0.3, -0.25) is 0 Å². The molecule has 0 bridgehead atoms. The normalized spacial score (nSPS) is 14.4. The average Bonchev–Trinajstić information content (AvgIpc) is 2.77. The Bertz CT molecular complexity index is 361. The molecular formula is C12H18O4S. The minimum Gasteiger partial charge on any atom is -0.463 e. The maximum absolute atomic E-state index is 11.2. The van der Waals surface area contributed by atoms with E-state index in [0.29, 0.717) is 5.25 Å². The molecule has 0 radical (unpaired) electrons. The van der Waals surface area contributed by atoms with Crippen LogP contribution in [0.1, 0.15) is 41.8 Å². The van der Waals surface area contributed by atoms with Gasteiger partial charge in [0.25, 0.3) is 0 Å². The van der Waals surface area contributed by atoms with Crippen LogP contribution < -0.4 is 0 Å². The van der Waals surface area contributed by atoms with Crippen LogP contribution in [0.15, 0.2) is 16.5 Å². The van der Waals surface area contributed by atoms with Gasteiger partial charge in [0.2, 0.25) is 5.76 Å². The maximum Gasteiger partial charge on any atom is 0.373 e. The lowest BCUT2D eigenvalue weighted by molar-refractivity contribution is 0.0563. The van der Waals surface area contributed by atoms with E-state index in [2.05, 4.69) is 11.7 Å². The summed E-state index contributed by atoms with van der Waals surface area (Å²) in [4.78, 5) is 11.2. The van der Waals surface area contributed by atoms with Gasteiger partial charge in [-0.05, 0) is 25.5 Å². The summed E-state index contributed by atoms with van der Waals surface area (Å²) in [6, 6.07) is 3.41. The van der Waals surface area contributed by atoms with Crippen LogP contribution in [0.5, 0.6) is 0 Å². The van der Waals surface area contributed by atoms with E-state index in [0.717, 1.165) is 12.2 Å². The Morgan fingerprint density at radius 1 is 1.53 bits per heavy atom. The van der Waals surface area contributed by atoms with Crippen LogP contribution in [0.4, 0.5) is 0 Å². The lowest BCUT2D eigenvalue weighted by Crippen LogP contribution is -2.02. The van der Waals surface area contributed by atoms with Gasteiger partial charge in [-0.1, -0.05) is 6.92 Å². The fraction of sp³-hybridized carbons (Fsp3) is 0.583. The number of aliphatic hydroxyl groups is 1. The number of ether oxygens (including phenoxy) is 1. The Labute approximate surface area is 105 Å². The number of methoxy groups -OCH3 is 1. The molecule has 0 aromatic carbocycles. The van der Waals surface area contributed by atoms with Gasteiger partial charge in [-0.2, -0.15) is 0 Å². The van der Waals surface area contributed by atoms with Gasteiger partial charge in [-0.25, -0.2) is 4.79 Å². The van der Waals surface area contributed by atoms with Gasteiger partial charge in [0.15, 0.2) is 0 Å². The number of hydrogen-bond donors (Lipinski definition) is 1. The zero-order valence-corrected chi connectivity index (χ0v) is 11.1. The molecule has 1 rings (SSSR count). The van der Waals surface area contributed by atoms with Gasteiger partial charge < -0.3 is 14.3 Å². The highest BCUT2D eigenvalue weighted by atomic mass is 32.2. The Morgan fingerprint density at radius 2 is 2.24 bits per heavy atom. The molecule has 17 heavy (non-hydrogen) atoms. The summed E-state index contributed by atoms with van der Waals surface area (Å²) in [6.45, 7) is 4.26. The monoisotopic (exact) mass is 258 g/mol. The summed E-state index contributed by atoms with van der Waals surface area (Å²) in [6.07, 6.45) is 0.750. The number of carbonyl (C=O) groups excluding carboxylic acids is 1. The minimum absolute atomic E-state index is 0.148. The number of rotatable bonds is 6. The molecule has 2 unspecified atom stereocenters. The smallest absolute Gasteiger partial charge is 0.373 e. The molecule has 5 heteroatoms. The highest BCUT2D eigenvalue weighted by Gasteiger charge is 2.17. The molecule has 1 aromatic rings. The molecule has 0 saturated carbocycles. The van der Waals surface area contributed by atoms with E-state index in [1.54, 1.807) is 23.9 Å². The summed E-state index contributed by atoms with van der Waals surface area (Å²) >= 11 is 1.70. The van der Waals surface area contributed by atoms with Crippen LogP contribution in [0.25, 0.3) is 0 Å². The minimum atomic E-state index is -0.461. The highest BCUT2D eigenvalue weighted by Crippen LogP contribution is 2.33. The molecule has 0 aliphatic rings. The number of carbonyl (C=O) groups is 1. The zero-order valence-electron chi connectivity index (χ0n) is 10.3. The number of esters is 1. The van der Waals surface area contributed by atoms with Crippen molar-refractivity contribution in [1.29, 1.82) is 0 Å². The van der Waals surface area contributed by atoms with Crippen molar-refractivity contribution < 1.29 is 19.1 Å². The molecule has 96 valence electrons. The van der Waals surface area contributed by atoms with E-state index in [1.165, 1.54) is 7.11 Å². The van der Waals surface area contributed by atoms with Gasteiger partial charge in [-0.15, -0.1) is 11.8 Å². The highest BCUT2D eigenvalue weighted by molar-refractivity contribution is 8.00. The largest absolute Gasteiger partial charge is 0.463 e. The lowest BCUT2D eigenvalue weighted by atomic mass is 10.3. The fourth-order valence-electron chi connectivity index (χ4n) is 1.45. The first-order valence-corrected chi connectivity index (χ1v) is 6.47. The Hall–Kier alpha value is -0.940. The van der Waals surface area contributed by atoms with E-state index in [1.807, 2.05) is 6.92 Å². The van der Waals surface area contributed by atoms with Crippen molar-refractivity contribution in [2.75, 3.05) is 13.7 Å². The van der Waals surface area contributed by atoms with Gasteiger partial charge >= 0.3 is 5.97 Å². The van der Waals surface area contributed by atoms with Crippen molar-refractivity contribution in [2.24, 2.45) is 0 Å². The molecule has 0 spiro atoms. The number of aliphatic hydroxyl groups excluding tert-OH is 1. The molecule has 0 saturated heterocycles. The van der Waals surface area contributed by atoms with E-state index >= 15 is 0 Å². The Balaban J connectivity index is 2.60. The predicted octanol–water partition coefficient (Wildman–Crippen LogP) is 2.63. The van der Waals surface area contributed by atoms with Crippen molar-refractivity contribution in [1.82, 2.24) is 0 Å². The quantitative estimate of drug-likeness (QED) is 0.795. The zero-order chi connectivity index (χ0) is 12.8. The number of furan rings is 1. The second-order valence-electron chi connectivity index (χ2n) is 3.79. The molecular weight excluding hydrogens is 240 g/mol. The SMILES string of the molecule is COC(=O)c1ccc(C(C)SC(C)CCO)o1. The summed E-state index contributed by atoms with van der Waals surface area (Å²) in [5, 5.41) is 9.33. The predicted molar refractivity (Wildman–Crippen MR) is 67.2 cm³/mol. The molecule has 0 fully saturated rings. The second kappa shape index (κ2) is 6.71. The first kappa shape index (κ1) is 14.1. The summed E-state index contributed by atoms with van der Waals surface area (Å²) < 4.78 is 10.00. The van der Waals surface area contributed by atoms with Crippen molar-refractivity contribution in [2.45, 2.75) is 30.8 Å². The van der Waals surface area contributed by atoms with Gasteiger partial charge in [0.05, 0.1) is 12.4 Å². The summed E-state index contributed by atoms with van der Waals surface area (Å²) in [5.41, 5.74) is 0. The molecule has 1 aromatic heterocycles. The molecule has 4 nitrogen and oxygen atoms in total. The fourth-order valence-corrected chi connectivity index (χ4v) is 2.65. The van der Waals surface area contributed by atoms with Crippen LogP contribution in [0.3, 0.4) is 0 Å². The third-order valence-electron chi connectivity index (χ3n) is 2.39. The number of hydrogen-bond acceptors (Lipinski definition) is 5. The second-order valence-corrected chi connectivity index (χ2v) is 5.58. The third kappa shape index (κ3) is 4.09. The van der Waals surface area contributed by atoms with Gasteiger partial charge in [0, 0.05) is 11.9 Å². The topological polar surface area (TPSA) is 59.7 Å². The van der Waals surface area contributed by atoms with Crippen LogP contribution in [0, 0.1) is 0 Å². The molecule has 0 amide bonds. The Kier molecular flexibility index (Phi) is 5.58. The first-order chi connectivity index (χ1) is 8.08. The van der Waals surface area contributed by atoms with E-state index in [9.17, 15) is 4.79 Å². The standard InChI is InChI=1S/C12H18O4S/c1-8(6-7-13)17-9(2)10-4-5-11(16-10)12(14)15-3/h4-5,8-9,13H,6-7H2,1-3H3. The Morgan fingerprint density at radius 3 is 2.82 bits per heavy atom. The van der Waals surface area contributed by atoms with Crippen molar-refractivity contribution in [3.8, 4) is 0 Å². The molecule has 1 N–H and O–H groups in total. The van der Waals surface area contributed by atoms with Crippen molar-refractivity contribution in [3.05, 3.63) is 23.7 Å². The van der Waals surface area contributed by atoms with Crippen LogP contribution in [-0.4, -0.2) is 30.0 Å². The van der Waals surface area contributed by atoms with Crippen molar-refractivity contribution >= 4 is 17.7 Å². The van der Waals surface area contributed by atoms with Crippen LogP contribution >= 0.6 is 11.8 Å². The summed E-state index contributed by atoms with van der Waals surface area (Å²) in [7, 11) is 1.33. The van der Waals surface area contributed by atoms with Gasteiger partial charge in [0.1, 0.15) is 5.76 Å². The molecule has 0 aliphatic heterocycles. The molecule has 1 heterocycles. The van der Waals surface area contributed by atoms with Crippen molar-refractivity contribution in [3.63, 3.8) is 0 Å². The molecule has 0 aliphatic carbocycles. The molecule has 2 atom stereocenters. The van der Waals surface area contributed by atoms with E-state index < -0.39 is 5.97 Å². The van der Waals surface area contributed by atoms with E-state index in [4.69, 9.17) is 9.52 Å². The van der Waals surface area contributed by atoms with E-state index in [-0.39, 0.29) is 17.6 Å². The lowest BCUT2D eigenvalue weighted by Gasteiger charge is -2.14. The first-order valence-electron chi connectivity index (χ1n) is 5.52. The third-order valence-corrected chi connectivity index (χ3v) is 3.73. The maximum atomic E-state index is 11.2. The average molecular weight is 258 g/mol. The van der Waals surface area contributed by atoms with Crippen LogP contribution in [0.2, 0.25) is 0 Å².